The van der Waals surface area contributed by atoms with E-state index in [0.717, 1.165) is 0 Å². The Labute approximate surface area is 269 Å². The molecule has 0 aliphatic carbocycles. The summed E-state index contributed by atoms with van der Waals surface area (Å²) >= 11 is 2.88. The highest BCUT2D eigenvalue weighted by molar-refractivity contribution is 8.02. The fraction of sp³-hybridized carbons (Fsp3) is 0.567. The molecule has 45 heavy (non-hydrogen) atoms. The number of methoxy groups -OCH3 is 1. The summed E-state index contributed by atoms with van der Waals surface area (Å²) in [6, 6.07) is 5.07. The van der Waals surface area contributed by atoms with Crippen molar-refractivity contribution in [1.29, 1.82) is 0 Å². The van der Waals surface area contributed by atoms with Crippen LogP contribution < -0.4 is 5.32 Å². The number of benzene rings is 1. The molecule has 4 aliphatic rings. The molecular weight excluding hydrogens is 624 g/mol. The van der Waals surface area contributed by atoms with E-state index in [1.807, 2.05) is 13.8 Å². The standard InChI is InChI=1S/C30H36N4O9S2/c1-15(12-19(36)41-6)31-20(16-10-8-7-9-11-16)24(37)32-21-25(38)34-23(30(4,5)45-26(21)34)28(40)43-14-42-27(39)22-29(2,3)44-18-13-17(35)33(18)22/h7-11,18,20-23,26H,12-14H2,1-6H3,(H,32,37)/t18-,20?,21-,22+,23+,26-/m1/s1. The highest BCUT2D eigenvalue weighted by Crippen LogP contribution is 2.52. The molecule has 1 aromatic carbocycles. The normalized spacial score (nSPS) is 28.2. The largest absolute Gasteiger partial charge is 0.469 e. The summed E-state index contributed by atoms with van der Waals surface area (Å²) in [5, 5.41) is 2.18. The van der Waals surface area contributed by atoms with Crippen LogP contribution in [0.2, 0.25) is 0 Å². The average molecular weight is 661 g/mol. The minimum atomic E-state index is -1.02. The van der Waals surface area contributed by atoms with Crippen molar-refractivity contribution in [2.45, 2.75) is 91.9 Å². The van der Waals surface area contributed by atoms with Crippen molar-refractivity contribution in [3.05, 3.63) is 35.9 Å². The highest BCUT2D eigenvalue weighted by atomic mass is 32.2. The summed E-state index contributed by atoms with van der Waals surface area (Å²) in [7, 11) is 1.27. The van der Waals surface area contributed by atoms with E-state index >= 15 is 0 Å². The van der Waals surface area contributed by atoms with Crippen molar-refractivity contribution in [3.63, 3.8) is 0 Å². The number of aliphatic imine (C=N–C) groups is 1. The number of nitrogens with one attached hydrogen (secondary N) is 1. The molecule has 5 rings (SSSR count). The minimum Gasteiger partial charge on any atom is -0.469 e. The molecular formula is C30H36N4O9S2. The first kappa shape index (κ1) is 32.8. The molecule has 1 aromatic rings. The molecule has 4 fully saturated rings. The summed E-state index contributed by atoms with van der Waals surface area (Å²) in [6.45, 7) is 8.27. The van der Waals surface area contributed by atoms with Gasteiger partial charge < -0.3 is 29.3 Å². The lowest BCUT2D eigenvalue weighted by molar-refractivity contribution is -0.181. The number of nitrogens with zero attached hydrogens (tertiary/aromatic N) is 3. The number of ether oxygens (including phenoxy) is 3. The lowest BCUT2D eigenvalue weighted by Crippen LogP contribution is -2.71. The number of esters is 3. The lowest BCUT2D eigenvalue weighted by Gasteiger charge is -2.44. The van der Waals surface area contributed by atoms with Crippen molar-refractivity contribution < 1.29 is 43.0 Å². The Morgan fingerprint density at radius 3 is 2.18 bits per heavy atom. The van der Waals surface area contributed by atoms with Crippen molar-refractivity contribution >= 4 is 64.9 Å². The molecule has 1 N–H and O–H groups in total. The first-order chi connectivity index (χ1) is 21.2. The Balaban J connectivity index is 1.21. The van der Waals surface area contributed by atoms with E-state index in [1.165, 1.54) is 40.4 Å². The molecule has 15 heteroatoms. The SMILES string of the molecule is COC(=O)CC(C)=NC(C(=O)N[C@@H]1C(=O)N2[C@@H]1SC(C)(C)[C@@H]2C(=O)OCOC(=O)[C@@H]1N2C(=O)C[C@H]2SC1(C)C)c1ccccc1. The van der Waals surface area contributed by atoms with Crippen LogP contribution in [0.1, 0.15) is 59.1 Å². The third-order valence-corrected chi connectivity index (χ3v) is 11.3. The third-order valence-electron chi connectivity index (χ3n) is 8.25. The van der Waals surface area contributed by atoms with Crippen LogP contribution in [-0.4, -0.2) is 103 Å². The maximum atomic E-state index is 13.5. The Kier molecular flexibility index (Phi) is 8.97. The molecule has 4 aliphatic heterocycles. The maximum Gasteiger partial charge on any atom is 0.333 e. The van der Waals surface area contributed by atoms with Gasteiger partial charge in [-0.2, -0.15) is 0 Å². The van der Waals surface area contributed by atoms with Crippen molar-refractivity contribution in [1.82, 2.24) is 15.1 Å². The maximum absolute atomic E-state index is 13.5. The van der Waals surface area contributed by atoms with Gasteiger partial charge in [0.05, 0.1) is 25.3 Å². The van der Waals surface area contributed by atoms with Crippen LogP contribution >= 0.6 is 23.5 Å². The second kappa shape index (κ2) is 12.3. The third kappa shape index (κ3) is 6.16. The fourth-order valence-corrected chi connectivity index (χ4v) is 9.33. The van der Waals surface area contributed by atoms with Crippen LogP contribution in [0.4, 0.5) is 0 Å². The van der Waals surface area contributed by atoms with E-state index < -0.39 is 75.6 Å². The molecule has 4 heterocycles. The minimum absolute atomic E-state index is 0.0645. The summed E-state index contributed by atoms with van der Waals surface area (Å²) in [6.07, 6.45) is 0.284. The van der Waals surface area contributed by atoms with Gasteiger partial charge in [-0.15, -0.1) is 23.5 Å². The smallest absolute Gasteiger partial charge is 0.333 e. The van der Waals surface area contributed by atoms with Gasteiger partial charge in [0.2, 0.25) is 24.5 Å². The second-order valence-electron chi connectivity index (χ2n) is 12.3. The van der Waals surface area contributed by atoms with Crippen LogP contribution in [0, 0.1) is 0 Å². The van der Waals surface area contributed by atoms with E-state index in [-0.39, 0.29) is 17.7 Å². The van der Waals surface area contributed by atoms with Crippen molar-refractivity contribution in [3.8, 4) is 0 Å². The molecule has 6 atom stereocenters. The van der Waals surface area contributed by atoms with E-state index in [1.54, 1.807) is 51.1 Å². The molecule has 4 saturated heterocycles. The zero-order valence-corrected chi connectivity index (χ0v) is 27.4. The van der Waals surface area contributed by atoms with Gasteiger partial charge in [-0.05, 0) is 40.2 Å². The zero-order chi connectivity index (χ0) is 32.8. The van der Waals surface area contributed by atoms with Gasteiger partial charge in [0.15, 0.2) is 6.04 Å². The molecule has 3 amide bonds. The summed E-state index contributed by atoms with van der Waals surface area (Å²) in [4.78, 5) is 84.1. The molecule has 242 valence electrons. The number of thioether (sulfide) groups is 2. The molecule has 0 spiro atoms. The monoisotopic (exact) mass is 660 g/mol. The molecule has 13 nitrogen and oxygen atoms in total. The fourth-order valence-electron chi connectivity index (χ4n) is 6.09. The Bertz CT molecular complexity index is 1450. The number of fused-ring (bicyclic) bond motifs is 2. The number of rotatable bonds is 10. The van der Waals surface area contributed by atoms with Gasteiger partial charge in [0.1, 0.15) is 23.5 Å². The van der Waals surface area contributed by atoms with Gasteiger partial charge in [0, 0.05) is 15.2 Å². The van der Waals surface area contributed by atoms with Gasteiger partial charge in [0.25, 0.3) is 0 Å². The predicted molar refractivity (Wildman–Crippen MR) is 165 cm³/mol. The summed E-state index contributed by atoms with van der Waals surface area (Å²) in [5.74, 6) is -3.01. The van der Waals surface area contributed by atoms with Crippen LogP contribution in [-0.2, 0) is 43.0 Å². The van der Waals surface area contributed by atoms with E-state index in [0.29, 0.717) is 17.7 Å². The first-order valence-corrected chi connectivity index (χ1v) is 16.2. The van der Waals surface area contributed by atoms with E-state index in [9.17, 15) is 28.8 Å². The Morgan fingerprint density at radius 1 is 0.978 bits per heavy atom. The number of β-lactam (4-membered cyclic amide) rings is 2. The number of hydrogen-bond acceptors (Lipinski definition) is 12. The van der Waals surface area contributed by atoms with Crippen molar-refractivity contribution in [2.75, 3.05) is 13.9 Å². The summed E-state index contributed by atoms with van der Waals surface area (Å²) in [5.41, 5.74) is 0.964. The van der Waals surface area contributed by atoms with Crippen LogP contribution in [0.25, 0.3) is 0 Å². The zero-order valence-electron chi connectivity index (χ0n) is 25.8. The van der Waals surface area contributed by atoms with Crippen LogP contribution in [0.3, 0.4) is 0 Å². The number of hydrogen-bond donors (Lipinski definition) is 1. The van der Waals surface area contributed by atoms with Crippen LogP contribution in [0.15, 0.2) is 35.3 Å². The van der Waals surface area contributed by atoms with Crippen molar-refractivity contribution in [2.24, 2.45) is 4.99 Å². The highest BCUT2D eigenvalue weighted by Gasteiger charge is 2.65. The van der Waals surface area contributed by atoms with Gasteiger partial charge in [-0.1, -0.05) is 30.3 Å². The van der Waals surface area contributed by atoms with Gasteiger partial charge in [-0.25, -0.2) is 9.59 Å². The Morgan fingerprint density at radius 2 is 1.58 bits per heavy atom. The molecule has 0 aromatic heterocycles. The van der Waals surface area contributed by atoms with Gasteiger partial charge in [-0.3, -0.25) is 24.2 Å². The molecule has 1 unspecified atom stereocenters. The molecule has 0 radical (unpaired) electrons. The van der Waals surface area contributed by atoms with Gasteiger partial charge >= 0.3 is 17.9 Å². The second-order valence-corrected chi connectivity index (χ2v) is 15.9. The topological polar surface area (TPSA) is 161 Å². The first-order valence-electron chi connectivity index (χ1n) is 14.4. The van der Waals surface area contributed by atoms with E-state index in [4.69, 9.17) is 14.2 Å². The number of carbonyl (C=O) groups excluding carboxylic acids is 6. The predicted octanol–water partition coefficient (Wildman–Crippen LogP) is 1.80. The quantitative estimate of drug-likeness (QED) is 0.169. The summed E-state index contributed by atoms with van der Waals surface area (Å²) < 4.78 is 14.0. The number of carbonyl (C=O) groups is 6. The average Bonchev–Trinajstić information content (AvgIpc) is 3.37. The lowest BCUT2D eigenvalue weighted by atomic mass is 9.95. The van der Waals surface area contributed by atoms with E-state index in [2.05, 4.69) is 10.3 Å². The number of amides is 3. The molecule has 0 bridgehead atoms. The molecule has 0 saturated carbocycles. The van der Waals surface area contributed by atoms with Crippen LogP contribution in [0.5, 0.6) is 0 Å². The Hall–Kier alpha value is -3.59.